The van der Waals surface area contributed by atoms with Crippen molar-refractivity contribution in [2.45, 2.75) is 37.7 Å². The smallest absolute Gasteiger partial charge is 0.199 e. The van der Waals surface area contributed by atoms with Gasteiger partial charge in [-0.2, -0.15) is 0 Å². The van der Waals surface area contributed by atoms with E-state index in [0.29, 0.717) is 30.6 Å². The molecule has 3 unspecified atom stereocenters. The molecule has 3 atom stereocenters. The molecule has 8 heteroatoms. The normalized spacial score (nSPS) is 26.0. The molecular formula is C17H19F2N3O3. The third-order valence-corrected chi connectivity index (χ3v) is 5.00. The van der Waals surface area contributed by atoms with Gasteiger partial charge in [0.1, 0.15) is 17.7 Å². The molecule has 1 saturated heterocycles. The fraction of sp³-hybridized carbons (Fsp3) is 0.412. The molecule has 0 amide bonds. The van der Waals surface area contributed by atoms with Crippen LogP contribution in [-0.4, -0.2) is 27.4 Å². The summed E-state index contributed by atoms with van der Waals surface area (Å²) in [5.74, 6) is -1.14. The van der Waals surface area contributed by atoms with Crippen LogP contribution in [0.5, 0.6) is 11.8 Å². The number of hydrogen-bond donors (Lipinski definition) is 4. The summed E-state index contributed by atoms with van der Waals surface area (Å²) in [4.78, 5) is 0. The fourth-order valence-corrected chi connectivity index (χ4v) is 3.77. The molecule has 3 heterocycles. The maximum atomic E-state index is 14.0. The number of halogens is 2. The van der Waals surface area contributed by atoms with Gasteiger partial charge < -0.3 is 26.0 Å². The number of nitrogens with two attached hydrogens (primary N) is 1. The maximum absolute atomic E-state index is 14.0. The van der Waals surface area contributed by atoms with Crippen LogP contribution in [0.3, 0.4) is 0 Å². The predicted octanol–water partition coefficient (Wildman–Crippen LogP) is 1.81. The van der Waals surface area contributed by atoms with E-state index in [0.717, 1.165) is 18.2 Å². The van der Waals surface area contributed by atoms with Gasteiger partial charge >= 0.3 is 0 Å². The first-order valence-corrected chi connectivity index (χ1v) is 8.14. The average Bonchev–Trinajstić information content (AvgIpc) is 3.14. The Hall–Kier alpha value is -2.16. The molecule has 1 fully saturated rings. The minimum Gasteiger partial charge on any atom is -0.494 e. The summed E-state index contributed by atoms with van der Waals surface area (Å²) in [5.41, 5.74) is 7.57. The summed E-state index contributed by atoms with van der Waals surface area (Å²) in [6.07, 6.45) is -0.428. The van der Waals surface area contributed by atoms with Gasteiger partial charge in [0, 0.05) is 35.8 Å². The van der Waals surface area contributed by atoms with Crippen molar-refractivity contribution in [2.75, 3.05) is 6.61 Å². The van der Waals surface area contributed by atoms with Crippen LogP contribution in [0.2, 0.25) is 0 Å². The Kier molecular flexibility index (Phi) is 3.90. The average molecular weight is 351 g/mol. The number of aromatic hydroxyl groups is 2. The summed E-state index contributed by atoms with van der Waals surface area (Å²) >= 11 is 0. The van der Waals surface area contributed by atoms with E-state index in [9.17, 15) is 19.0 Å². The second kappa shape index (κ2) is 5.98. The van der Waals surface area contributed by atoms with Crippen molar-refractivity contribution >= 4 is 0 Å². The number of ether oxygens (including phenoxy) is 1. The van der Waals surface area contributed by atoms with E-state index in [1.165, 1.54) is 4.57 Å². The third-order valence-electron chi connectivity index (χ3n) is 5.00. The van der Waals surface area contributed by atoms with Gasteiger partial charge in [0.2, 0.25) is 0 Å². The highest BCUT2D eigenvalue weighted by atomic mass is 19.1. The number of fused-ring (bicyclic) bond motifs is 1. The number of nitrogens with one attached hydrogen (secondary N) is 1. The lowest BCUT2D eigenvalue weighted by Crippen LogP contribution is -2.40. The SMILES string of the molecule is NC1CC(n2c(O)c3c(c2O)CNC3)COC1c1cc(F)ccc1F. The first-order chi connectivity index (χ1) is 12.0. The molecule has 2 aromatic rings. The van der Waals surface area contributed by atoms with Crippen LogP contribution in [0, 0.1) is 11.6 Å². The van der Waals surface area contributed by atoms with Crippen molar-refractivity contribution < 1.29 is 23.7 Å². The van der Waals surface area contributed by atoms with E-state index in [2.05, 4.69) is 5.32 Å². The molecule has 25 heavy (non-hydrogen) atoms. The first kappa shape index (κ1) is 16.3. The lowest BCUT2D eigenvalue weighted by atomic mass is 9.94. The molecule has 1 aromatic heterocycles. The molecule has 6 nitrogen and oxygen atoms in total. The largest absolute Gasteiger partial charge is 0.494 e. The van der Waals surface area contributed by atoms with Gasteiger partial charge in [-0.25, -0.2) is 8.78 Å². The van der Waals surface area contributed by atoms with Crippen LogP contribution in [0.4, 0.5) is 8.78 Å². The Labute approximate surface area is 142 Å². The summed E-state index contributed by atoms with van der Waals surface area (Å²) < 4.78 is 34.5. The highest BCUT2D eigenvalue weighted by Gasteiger charge is 2.36. The lowest BCUT2D eigenvalue weighted by Gasteiger charge is -2.35. The molecular weight excluding hydrogens is 332 g/mol. The van der Waals surface area contributed by atoms with Crippen molar-refractivity contribution in [1.82, 2.24) is 9.88 Å². The highest BCUT2D eigenvalue weighted by molar-refractivity contribution is 5.48. The zero-order valence-electron chi connectivity index (χ0n) is 13.4. The van der Waals surface area contributed by atoms with Crippen LogP contribution in [0.15, 0.2) is 18.2 Å². The second-order valence-corrected chi connectivity index (χ2v) is 6.55. The van der Waals surface area contributed by atoms with Gasteiger partial charge in [0.25, 0.3) is 0 Å². The fourth-order valence-electron chi connectivity index (χ4n) is 3.77. The van der Waals surface area contributed by atoms with E-state index in [1.54, 1.807) is 0 Å². The van der Waals surface area contributed by atoms with Crippen molar-refractivity contribution in [2.24, 2.45) is 5.73 Å². The summed E-state index contributed by atoms with van der Waals surface area (Å²) in [5, 5.41) is 23.8. The Morgan fingerprint density at radius 1 is 1.16 bits per heavy atom. The summed E-state index contributed by atoms with van der Waals surface area (Å²) in [6.45, 7) is 1.09. The molecule has 1 aromatic carbocycles. The van der Waals surface area contributed by atoms with Crippen molar-refractivity contribution in [3.05, 3.63) is 46.5 Å². The van der Waals surface area contributed by atoms with Crippen LogP contribution >= 0.6 is 0 Å². The number of nitrogens with zero attached hydrogens (tertiary/aromatic N) is 1. The minimum atomic E-state index is -0.777. The molecule has 4 rings (SSSR count). The maximum Gasteiger partial charge on any atom is 0.199 e. The first-order valence-electron chi connectivity index (χ1n) is 8.14. The van der Waals surface area contributed by atoms with Crippen LogP contribution in [0.1, 0.15) is 35.3 Å². The number of benzene rings is 1. The Bertz CT molecular complexity index is 796. The van der Waals surface area contributed by atoms with Gasteiger partial charge in [-0.1, -0.05) is 0 Å². The monoisotopic (exact) mass is 351 g/mol. The van der Waals surface area contributed by atoms with E-state index >= 15 is 0 Å². The third kappa shape index (κ3) is 2.57. The van der Waals surface area contributed by atoms with Crippen LogP contribution < -0.4 is 11.1 Å². The minimum absolute atomic E-state index is 0.00585. The molecule has 0 radical (unpaired) electrons. The van der Waals surface area contributed by atoms with Gasteiger partial charge in [-0.3, -0.25) is 4.57 Å². The molecule has 2 aliphatic rings. The lowest BCUT2D eigenvalue weighted by molar-refractivity contribution is -0.0315. The molecule has 0 saturated carbocycles. The highest BCUT2D eigenvalue weighted by Crippen LogP contribution is 2.43. The Balaban J connectivity index is 1.59. The Morgan fingerprint density at radius 3 is 2.48 bits per heavy atom. The van der Waals surface area contributed by atoms with E-state index in [-0.39, 0.29) is 30.0 Å². The predicted molar refractivity (Wildman–Crippen MR) is 85.0 cm³/mol. The molecule has 0 aliphatic carbocycles. The van der Waals surface area contributed by atoms with Gasteiger partial charge in [-0.15, -0.1) is 0 Å². The second-order valence-electron chi connectivity index (χ2n) is 6.55. The Morgan fingerprint density at radius 2 is 1.84 bits per heavy atom. The zero-order valence-corrected chi connectivity index (χ0v) is 13.4. The quantitative estimate of drug-likeness (QED) is 0.662. The summed E-state index contributed by atoms with van der Waals surface area (Å²) in [6, 6.07) is 2.19. The van der Waals surface area contributed by atoms with Crippen molar-refractivity contribution in [1.29, 1.82) is 0 Å². The van der Waals surface area contributed by atoms with E-state index in [1.807, 2.05) is 0 Å². The van der Waals surface area contributed by atoms with Gasteiger partial charge in [0.05, 0.1) is 12.6 Å². The zero-order chi connectivity index (χ0) is 17.7. The van der Waals surface area contributed by atoms with E-state index in [4.69, 9.17) is 10.5 Å². The molecule has 2 aliphatic heterocycles. The topological polar surface area (TPSA) is 92.7 Å². The molecule has 0 bridgehead atoms. The van der Waals surface area contributed by atoms with Crippen molar-refractivity contribution in [3.8, 4) is 11.8 Å². The van der Waals surface area contributed by atoms with Gasteiger partial charge in [0.15, 0.2) is 11.8 Å². The van der Waals surface area contributed by atoms with Crippen molar-refractivity contribution in [3.63, 3.8) is 0 Å². The molecule has 5 N–H and O–H groups in total. The number of aromatic nitrogens is 1. The molecule has 134 valence electrons. The number of hydrogen-bond acceptors (Lipinski definition) is 5. The van der Waals surface area contributed by atoms with E-state index < -0.39 is 23.8 Å². The van der Waals surface area contributed by atoms with Gasteiger partial charge in [-0.05, 0) is 24.6 Å². The van der Waals surface area contributed by atoms with Crippen LogP contribution in [0.25, 0.3) is 0 Å². The number of rotatable bonds is 2. The summed E-state index contributed by atoms with van der Waals surface area (Å²) in [7, 11) is 0. The van der Waals surface area contributed by atoms with Crippen LogP contribution in [-0.2, 0) is 17.8 Å². The molecule has 0 spiro atoms. The standard InChI is InChI=1S/C17H19F2N3O3/c18-8-1-2-13(19)10(3-8)15-14(20)4-9(7-25-15)22-16(23)11-5-21-6-12(11)17(22)24/h1-3,9,14-15,21,23-24H,4-7,20H2.